The van der Waals surface area contributed by atoms with E-state index in [-0.39, 0.29) is 5.92 Å². The minimum Gasteiger partial charge on any atom is -0.497 e. The Morgan fingerprint density at radius 3 is 2.94 bits per heavy atom. The number of piperidine rings is 1. The lowest BCUT2D eigenvalue weighted by atomic mass is 9.80. The summed E-state index contributed by atoms with van der Waals surface area (Å²) in [7, 11) is 1.61. The summed E-state index contributed by atoms with van der Waals surface area (Å²) < 4.78 is 20.1. The largest absolute Gasteiger partial charge is 0.497 e. The van der Waals surface area contributed by atoms with Crippen LogP contribution in [-0.4, -0.2) is 20.2 Å². The van der Waals surface area contributed by atoms with E-state index >= 15 is 0 Å². The van der Waals surface area contributed by atoms with Crippen molar-refractivity contribution < 1.29 is 9.13 Å². The molecule has 1 saturated heterocycles. The summed E-state index contributed by atoms with van der Waals surface area (Å²) in [6.45, 7) is 3.44. The van der Waals surface area contributed by atoms with Gasteiger partial charge in [-0.1, -0.05) is 12.1 Å². The highest BCUT2D eigenvalue weighted by Crippen LogP contribution is 2.38. The highest BCUT2D eigenvalue weighted by atomic mass is 19.1. The van der Waals surface area contributed by atoms with Crippen molar-refractivity contribution in [3.8, 4) is 5.75 Å². The fraction of sp³-hybridized carbons (Fsp3) is 0.571. The number of hydrogen-bond acceptors (Lipinski definition) is 2. The van der Waals surface area contributed by atoms with E-state index in [0.29, 0.717) is 5.56 Å². The third-order valence-electron chi connectivity index (χ3n) is 3.70. The lowest BCUT2D eigenvalue weighted by molar-refractivity contribution is 0.0809. The SMILES string of the molecule is COc1cccc(C(C)(F)C2CCCNC2)c1. The van der Waals surface area contributed by atoms with Crippen LogP contribution in [0.2, 0.25) is 0 Å². The van der Waals surface area contributed by atoms with Gasteiger partial charge in [-0.2, -0.15) is 0 Å². The smallest absolute Gasteiger partial charge is 0.137 e. The Labute approximate surface area is 102 Å². The van der Waals surface area contributed by atoms with E-state index in [1.807, 2.05) is 18.2 Å². The molecule has 0 amide bonds. The van der Waals surface area contributed by atoms with E-state index in [1.54, 1.807) is 20.1 Å². The van der Waals surface area contributed by atoms with Crippen molar-refractivity contribution in [2.45, 2.75) is 25.4 Å². The first-order valence-corrected chi connectivity index (χ1v) is 6.19. The van der Waals surface area contributed by atoms with Gasteiger partial charge >= 0.3 is 0 Å². The number of nitrogens with one attached hydrogen (secondary N) is 1. The molecule has 1 aliphatic heterocycles. The van der Waals surface area contributed by atoms with Gasteiger partial charge in [-0.25, -0.2) is 4.39 Å². The fourth-order valence-corrected chi connectivity index (χ4v) is 2.48. The molecule has 0 aromatic heterocycles. The Morgan fingerprint density at radius 2 is 2.29 bits per heavy atom. The molecule has 3 heteroatoms. The third-order valence-corrected chi connectivity index (χ3v) is 3.70. The van der Waals surface area contributed by atoms with Gasteiger partial charge < -0.3 is 10.1 Å². The van der Waals surface area contributed by atoms with Crippen molar-refractivity contribution in [1.82, 2.24) is 5.32 Å². The van der Waals surface area contributed by atoms with Crippen molar-refractivity contribution in [3.63, 3.8) is 0 Å². The molecule has 94 valence electrons. The van der Waals surface area contributed by atoms with Crippen molar-refractivity contribution >= 4 is 0 Å². The Balaban J connectivity index is 2.22. The van der Waals surface area contributed by atoms with E-state index in [4.69, 9.17) is 4.74 Å². The molecule has 2 atom stereocenters. The minimum absolute atomic E-state index is 0.0448. The summed E-state index contributed by atoms with van der Waals surface area (Å²) in [5.74, 6) is 0.762. The van der Waals surface area contributed by atoms with E-state index in [1.165, 1.54) is 0 Å². The third kappa shape index (κ3) is 2.60. The highest BCUT2D eigenvalue weighted by molar-refractivity contribution is 5.32. The predicted octanol–water partition coefficient (Wildman–Crippen LogP) is 2.88. The monoisotopic (exact) mass is 237 g/mol. The number of ether oxygens (including phenoxy) is 1. The number of alkyl halides is 1. The second-order valence-corrected chi connectivity index (χ2v) is 4.85. The Hall–Kier alpha value is -1.09. The van der Waals surface area contributed by atoms with Gasteiger partial charge in [0.15, 0.2) is 0 Å². The molecular formula is C14H20FNO. The molecule has 0 saturated carbocycles. The van der Waals surface area contributed by atoms with E-state index in [0.717, 1.165) is 31.7 Å². The molecule has 1 aromatic rings. The van der Waals surface area contributed by atoms with Crippen LogP contribution < -0.4 is 10.1 Å². The lowest BCUT2D eigenvalue weighted by Gasteiger charge is -2.34. The van der Waals surface area contributed by atoms with Crippen LogP contribution in [0.15, 0.2) is 24.3 Å². The zero-order valence-electron chi connectivity index (χ0n) is 10.5. The Morgan fingerprint density at radius 1 is 1.47 bits per heavy atom. The van der Waals surface area contributed by atoms with Crippen molar-refractivity contribution in [1.29, 1.82) is 0 Å². The molecule has 0 aliphatic carbocycles. The lowest BCUT2D eigenvalue weighted by Crippen LogP contribution is -2.39. The summed E-state index contributed by atoms with van der Waals surface area (Å²) >= 11 is 0. The molecule has 0 spiro atoms. The summed E-state index contributed by atoms with van der Waals surface area (Å²) in [5, 5.41) is 3.27. The minimum atomic E-state index is -1.29. The quantitative estimate of drug-likeness (QED) is 0.872. The van der Waals surface area contributed by atoms with Gasteiger partial charge in [-0.05, 0) is 44.0 Å². The van der Waals surface area contributed by atoms with Gasteiger partial charge in [-0.3, -0.25) is 0 Å². The van der Waals surface area contributed by atoms with Crippen LogP contribution in [0.3, 0.4) is 0 Å². The van der Waals surface area contributed by atoms with Gasteiger partial charge in [0.1, 0.15) is 11.4 Å². The standard InChI is InChI=1S/C14H20FNO/c1-14(15,12-6-4-8-16-10-12)11-5-3-7-13(9-11)17-2/h3,5,7,9,12,16H,4,6,8,10H2,1-2H3. The van der Waals surface area contributed by atoms with Crippen LogP contribution in [-0.2, 0) is 5.67 Å². The van der Waals surface area contributed by atoms with Crippen molar-refractivity contribution in [3.05, 3.63) is 29.8 Å². The fourth-order valence-electron chi connectivity index (χ4n) is 2.48. The number of methoxy groups -OCH3 is 1. The zero-order valence-corrected chi connectivity index (χ0v) is 10.5. The number of hydrogen-bond donors (Lipinski definition) is 1. The summed E-state index contributed by atoms with van der Waals surface area (Å²) in [4.78, 5) is 0. The number of halogens is 1. The van der Waals surface area contributed by atoms with Crippen LogP contribution in [0.1, 0.15) is 25.3 Å². The Bertz CT molecular complexity index is 372. The van der Waals surface area contributed by atoms with Gasteiger partial charge in [0, 0.05) is 12.5 Å². The molecule has 1 heterocycles. The maximum absolute atomic E-state index is 14.9. The van der Waals surface area contributed by atoms with Gasteiger partial charge in [-0.15, -0.1) is 0 Å². The molecule has 0 radical (unpaired) electrons. The first-order chi connectivity index (χ1) is 8.14. The average Bonchev–Trinajstić information content (AvgIpc) is 2.40. The van der Waals surface area contributed by atoms with E-state index < -0.39 is 5.67 Å². The van der Waals surface area contributed by atoms with E-state index in [9.17, 15) is 4.39 Å². The first kappa shape index (κ1) is 12.4. The maximum atomic E-state index is 14.9. The van der Waals surface area contributed by atoms with Crippen LogP contribution in [0.5, 0.6) is 5.75 Å². The van der Waals surface area contributed by atoms with Gasteiger partial charge in [0.25, 0.3) is 0 Å². The molecule has 1 aliphatic rings. The number of benzene rings is 1. The average molecular weight is 237 g/mol. The predicted molar refractivity (Wildman–Crippen MR) is 67.0 cm³/mol. The Kier molecular flexibility index (Phi) is 3.67. The van der Waals surface area contributed by atoms with Crippen LogP contribution in [0.25, 0.3) is 0 Å². The molecule has 1 aromatic carbocycles. The van der Waals surface area contributed by atoms with Crippen molar-refractivity contribution in [2.75, 3.05) is 20.2 Å². The summed E-state index contributed by atoms with van der Waals surface area (Å²) in [6.07, 6.45) is 1.99. The summed E-state index contributed by atoms with van der Waals surface area (Å²) in [6, 6.07) is 7.34. The molecule has 17 heavy (non-hydrogen) atoms. The molecule has 2 nitrogen and oxygen atoms in total. The molecular weight excluding hydrogens is 217 g/mol. The molecule has 0 bridgehead atoms. The topological polar surface area (TPSA) is 21.3 Å². The van der Waals surface area contributed by atoms with E-state index in [2.05, 4.69) is 5.32 Å². The molecule has 1 fully saturated rings. The van der Waals surface area contributed by atoms with Crippen LogP contribution in [0, 0.1) is 5.92 Å². The maximum Gasteiger partial charge on any atom is 0.137 e. The van der Waals surface area contributed by atoms with Gasteiger partial charge in [0.05, 0.1) is 7.11 Å². The highest BCUT2D eigenvalue weighted by Gasteiger charge is 2.36. The zero-order chi connectivity index (χ0) is 12.3. The molecule has 2 unspecified atom stereocenters. The number of rotatable bonds is 3. The van der Waals surface area contributed by atoms with Gasteiger partial charge in [0.2, 0.25) is 0 Å². The molecule has 2 rings (SSSR count). The van der Waals surface area contributed by atoms with Crippen LogP contribution in [0.4, 0.5) is 4.39 Å². The summed E-state index contributed by atoms with van der Waals surface area (Å²) in [5.41, 5.74) is -0.576. The first-order valence-electron chi connectivity index (χ1n) is 6.19. The second kappa shape index (κ2) is 5.05. The second-order valence-electron chi connectivity index (χ2n) is 4.85. The van der Waals surface area contributed by atoms with Crippen LogP contribution >= 0.6 is 0 Å². The van der Waals surface area contributed by atoms with Crippen molar-refractivity contribution in [2.24, 2.45) is 5.92 Å². The molecule has 1 N–H and O–H groups in total. The normalized spacial score (nSPS) is 24.1.